The van der Waals surface area contributed by atoms with Crippen molar-refractivity contribution in [3.8, 4) is 0 Å². The lowest BCUT2D eigenvalue weighted by Gasteiger charge is -2.16. The summed E-state index contributed by atoms with van der Waals surface area (Å²) in [6.45, 7) is 4.85. The van der Waals surface area contributed by atoms with E-state index in [1.165, 1.54) is 0 Å². The third-order valence-corrected chi connectivity index (χ3v) is 3.58. The highest BCUT2D eigenvalue weighted by Gasteiger charge is 2.16. The third-order valence-electron chi connectivity index (χ3n) is 0.917. The first-order chi connectivity index (χ1) is 5.83. The molecule has 0 spiro atoms. The second-order valence-electron chi connectivity index (χ2n) is 2.58. The molecule has 13 heavy (non-hydrogen) atoms. The zero-order valence-corrected chi connectivity index (χ0v) is 13.0. The van der Waals surface area contributed by atoms with Crippen LogP contribution in [0.15, 0.2) is 0 Å². The van der Waals surface area contributed by atoms with Crippen LogP contribution in [0.3, 0.4) is 0 Å². The van der Waals surface area contributed by atoms with Gasteiger partial charge in [-0.3, -0.25) is 0 Å². The number of hydrogen-bond acceptors (Lipinski definition) is 3. The summed E-state index contributed by atoms with van der Waals surface area (Å²) in [5, 5.41) is 0. The highest BCUT2D eigenvalue weighted by Crippen LogP contribution is 2.54. The molecule has 0 aliphatic rings. The van der Waals surface area contributed by atoms with Gasteiger partial charge < -0.3 is 9.05 Å². The number of halogens is 3. The van der Waals surface area contributed by atoms with Crippen LogP contribution in [0.1, 0.15) is 13.8 Å². The molecule has 0 aliphatic carbocycles. The van der Waals surface area contributed by atoms with Crippen LogP contribution in [0.2, 0.25) is 0 Å². The average Bonchev–Trinajstić information content (AvgIpc) is 1.98. The molecule has 0 aromatic carbocycles. The van der Waals surface area contributed by atoms with E-state index < -0.39 is 5.84 Å². The van der Waals surface area contributed by atoms with Crippen molar-refractivity contribution < 1.29 is 9.05 Å². The summed E-state index contributed by atoms with van der Waals surface area (Å²) < 4.78 is 10.5. The van der Waals surface area contributed by atoms with E-state index in [0.717, 1.165) is 0 Å². The molecule has 0 saturated carbocycles. The fourth-order valence-corrected chi connectivity index (χ4v) is 2.67. The minimum absolute atomic E-state index is 0.235. The van der Waals surface area contributed by atoms with Gasteiger partial charge in [-0.15, -0.1) is 0 Å². The van der Waals surface area contributed by atoms with E-state index in [-0.39, 0.29) is 9.65 Å². The molecule has 0 saturated heterocycles. The predicted octanol–water partition coefficient (Wildman–Crippen LogP) is 4.05. The maximum absolute atomic E-state index is 5.86. The van der Waals surface area contributed by atoms with E-state index in [0.29, 0.717) is 13.2 Å². The minimum atomic E-state index is -2.55. The van der Waals surface area contributed by atoms with Gasteiger partial charge in [0.1, 0.15) is 0 Å². The van der Waals surface area contributed by atoms with Crippen molar-refractivity contribution in [1.82, 2.24) is 0 Å². The van der Waals surface area contributed by atoms with Gasteiger partial charge in [-0.2, -0.15) is 0 Å². The van der Waals surface area contributed by atoms with E-state index in [2.05, 4.69) is 31.9 Å². The Labute approximate surface area is 106 Å². The molecule has 80 valence electrons. The molecular weight excluding hydrogens is 362 g/mol. The Morgan fingerprint density at radius 1 is 1.23 bits per heavy atom. The molecule has 0 rings (SSSR count). The highest BCUT2D eigenvalue weighted by molar-refractivity contribution is 9.09. The van der Waals surface area contributed by atoms with Crippen LogP contribution in [0, 0.1) is 0 Å². The smallest absolute Gasteiger partial charge is 0.281 e. The van der Waals surface area contributed by atoms with Crippen molar-refractivity contribution in [3.05, 3.63) is 0 Å². The Bertz CT molecular complexity index is 175. The molecule has 0 heterocycles. The lowest BCUT2D eigenvalue weighted by Crippen LogP contribution is -2.05. The Hall–Kier alpha value is 1.82. The van der Waals surface area contributed by atoms with Gasteiger partial charge in [0.15, 0.2) is 0 Å². The summed E-state index contributed by atoms with van der Waals surface area (Å²) in [4.78, 5) is 0.470. The molecule has 2 unspecified atom stereocenters. The zero-order valence-electron chi connectivity index (χ0n) is 7.37. The van der Waals surface area contributed by atoms with E-state index in [1.807, 2.05) is 13.8 Å². The topological polar surface area (TPSA) is 18.5 Å². The molecule has 2 atom stereocenters. The molecule has 0 fully saturated rings. The maximum Gasteiger partial charge on any atom is 0.281 e. The summed E-state index contributed by atoms with van der Waals surface area (Å²) in [7, 11) is 0. The van der Waals surface area contributed by atoms with Crippen molar-refractivity contribution in [2.75, 3.05) is 13.2 Å². The molecule has 0 aromatic rings. The van der Waals surface area contributed by atoms with E-state index in [4.69, 9.17) is 32.1 Å². The summed E-state index contributed by atoms with van der Waals surface area (Å²) in [5.74, 6) is -2.55. The number of hydrogen-bond donors (Lipinski definition) is 0. The molecule has 0 bridgehead atoms. The van der Waals surface area contributed by atoms with Gasteiger partial charge in [0, 0.05) is 9.65 Å². The second-order valence-corrected chi connectivity index (χ2v) is 10.5. The van der Waals surface area contributed by atoms with Crippen LogP contribution in [0.25, 0.3) is 0 Å². The van der Waals surface area contributed by atoms with Crippen molar-refractivity contribution in [2.24, 2.45) is 0 Å². The largest absolute Gasteiger partial charge is 0.317 e. The first-order valence-electron chi connectivity index (χ1n) is 3.70. The first-order valence-corrected chi connectivity index (χ1v) is 9.08. The normalized spacial score (nSPS) is 20.7. The second kappa shape index (κ2) is 7.15. The van der Waals surface area contributed by atoms with Gasteiger partial charge in [-0.1, -0.05) is 45.7 Å². The minimum Gasteiger partial charge on any atom is -0.317 e. The lowest BCUT2D eigenvalue weighted by atomic mass is 10.5. The molecule has 0 N–H and O–H groups in total. The molecule has 0 aromatic heterocycles. The average molecular weight is 374 g/mol. The van der Waals surface area contributed by atoms with Crippen molar-refractivity contribution >= 4 is 60.8 Å². The van der Waals surface area contributed by atoms with Gasteiger partial charge in [0.2, 0.25) is 0 Å². The molecule has 0 aliphatic heterocycles. The Morgan fingerprint density at radius 2 is 1.54 bits per heavy atom. The SMILES string of the molecule is CC(Br)COP(=S)(Cl)OCC(C)Br. The van der Waals surface area contributed by atoms with Gasteiger partial charge in [-0.25, -0.2) is 0 Å². The zero-order chi connectivity index (χ0) is 10.5. The fourth-order valence-electron chi connectivity index (χ4n) is 0.421. The van der Waals surface area contributed by atoms with E-state index >= 15 is 0 Å². The summed E-state index contributed by atoms with van der Waals surface area (Å²) in [6, 6.07) is 0. The fraction of sp³-hybridized carbons (Fsp3) is 1.00. The van der Waals surface area contributed by atoms with Crippen LogP contribution in [-0.4, -0.2) is 22.9 Å². The Morgan fingerprint density at radius 3 is 1.77 bits per heavy atom. The van der Waals surface area contributed by atoms with E-state index in [1.54, 1.807) is 0 Å². The van der Waals surface area contributed by atoms with Crippen LogP contribution >= 0.6 is 48.9 Å². The Balaban J connectivity index is 3.74. The molecular formula is C6H12Br2ClO2PS. The number of alkyl halides is 2. The predicted molar refractivity (Wildman–Crippen MR) is 68.8 cm³/mol. The first kappa shape index (κ1) is 14.8. The third kappa shape index (κ3) is 10.1. The highest BCUT2D eigenvalue weighted by atomic mass is 79.9. The van der Waals surface area contributed by atoms with Crippen molar-refractivity contribution in [1.29, 1.82) is 0 Å². The molecule has 7 heteroatoms. The number of rotatable bonds is 6. The van der Waals surface area contributed by atoms with Gasteiger partial charge in [0.05, 0.1) is 13.2 Å². The Kier molecular flexibility index (Phi) is 8.15. The molecule has 0 amide bonds. The van der Waals surface area contributed by atoms with Gasteiger partial charge >= 0.3 is 0 Å². The quantitative estimate of drug-likeness (QED) is 0.516. The van der Waals surface area contributed by atoms with Gasteiger partial charge in [-0.05, 0) is 23.0 Å². The van der Waals surface area contributed by atoms with Crippen LogP contribution in [0.4, 0.5) is 0 Å². The van der Waals surface area contributed by atoms with Crippen LogP contribution in [0.5, 0.6) is 0 Å². The molecule has 0 radical (unpaired) electrons. The summed E-state index contributed by atoms with van der Waals surface area (Å²) in [6.07, 6.45) is 0. The summed E-state index contributed by atoms with van der Waals surface area (Å²) in [5.41, 5.74) is 0. The van der Waals surface area contributed by atoms with Crippen molar-refractivity contribution in [2.45, 2.75) is 23.5 Å². The van der Waals surface area contributed by atoms with Crippen LogP contribution < -0.4 is 0 Å². The lowest BCUT2D eigenvalue weighted by molar-refractivity contribution is 0.265. The van der Waals surface area contributed by atoms with Crippen LogP contribution in [-0.2, 0) is 20.9 Å². The van der Waals surface area contributed by atoms with Gasteiger partial charge in [0.25, 0.3) is 5.84 Å². The monoisotopic (exact) mass is 372 g/mol. The summed E-state index contributed by atoms with van der Waals surface area (Å²) >= 11 is 17.5. The van der Waals surface area contributed by atoms with Crippen molar-refractivity contribution in [3.63, 3.8) is 0 Å². The molecule has 2 nitrogen and oxygen atoms in total. The maximum atomic E-state index is 5.86. The standard InChI is InChI=1S/C6H12Br2ClO2PS/c1-5(7)3-10-12(9,13)11-4-6(2)8/h5-6H,3-4H2,1-2H3. The van der Waals surface area contributed by atoms with E-state index in [9.17, 15) is 0 Å².